The van der Waals surface area contributed by atoms with E-state index in [1.54, 1.807) is 0 Å². The van der Waals surface area contributed by atoms with Crippen LogP contribution in [-0.2, 0) is 0 Å². The zero-order chi connectivity index (χ0) is 5.70. The van der Waals surface area contributed by atoms with Crippen molar-refractivity contribution in [1.82, 2.24) is 5.32 Å². The third-order valence-corrected chi connectivity index (χ3v) is 0.800. The fraction of sp³-hybridized carbons (Fsp3) is 0.600. The van der Waals surface area contributed by atoms with Crippen molar-refractivity contribution in [2.24, 2.45) is 5.73 Å². The second kappa shape index (κ2) is 3.68. The van der Waals surface area contributed by atoms with E-state index in [2.05, 4.69) is 11.9 Å². The molecule has 0 aliphatic carbocycles. The van der Waals surface area contributed by atoms with Crippen molar-refractivity contribution in [2.45, 2.75) is 6.42 Å². The lowest BCUT2D eigenvalue weighted by atomic mass is 10.3. The molecule has 0 rings (SSSR count). The molecule has 7 heavy (non-hydrogen) atoms. The average Bonchev–Trinajstić information content (AvgIpc) is 1.68. The number of hydrogen-bond acceptors (Lipinski definition) is 2. The molecule has 0 radical (unpaired) electrons. The van der Waals surface area contributed by atoms with Crippen LogP contribution >= 0.6 is 0 Å². The van der Waals surface area contributed by atoms with Crippen LogP contribution in [0.3, 0.4) is 0 Å². The van der Waals surface area contributed by atoms with Gasteiger partial charge in [0.1, 0.15) is 0 Å². The summed E-state index contributed by atoms with van der Waals surface area (Å²) in [5.74, 6) is 0. The number of nitrogens with one attached hydrogen (secondary N) is 1. The van der Waals surface area contributed by atoms with Gasteiger partial charge >= 0.3 is 0 Å². The second-order valence-electron chi connectivity index (χ2n) is 1.39. The van der Waals surface area contributed by atoms with Gasteiger partial charge in [0.25, 0.3) is 0 Å². The van der Waals surface area contributed by atoms with E-state index in [1.807, 2.05) is 7.05 Å². The smallest absolute Gasteiger partial charge is 0.00437 e. The first-order valence-electron chi connectivity index (χ1n) is 2.37. The van der Waals surface area contributed by atoms with E-state index in [0.29, 0.717) is 6.54 Å². The molecule has 42 valence electrons. The molecular formula is C5H12N2. The van der Waals surface area contributed by atoms with Crippen molar-refractivity contribution < 1.29 is 0 Å². The van der Waals surface area contributed by atoms with Crippen LogP contribution in [0, 0.1) is 0 Å². The highest BCUT2D eigenvalue weighted by atomic mass is 14.8. The molecule has 0 atom stereocenters. The van der Waals surface area contributed by atoms with Gasteiger partial charge in [0, 0.05) is 12.7 Å². The Balaban J connectivity index is 3.00. The number of hydrogen-bond donors (Lipinski definition) is 2. The summed E-state index contributed by atoms with van der Waals surface area (Å²) in [4.78, 5) is 0. The van der Waals surface area contributed by atoms with Gasteiger partial charge in [-0.15, -0.1) is 0 Å². The van der Waals surface area contributed by atoms with Gasteiger partial charge in [-0.3, -0.25) is 0 Å². The van der Waals surface area contributed by atoms with Crippen molar-refractivity contribution in [3.05, 3.63) is 12.3 Å². The molecule has 0 unspecified atom stereocenters. The van der Waals surface area contributed by atoms with Gasteiger partial charge in [-0.1, -0.05) is 6.58 Å². The van der Waals surface area contributed by atoms with Gasteiger partial charge in [0.15, 0.2) is 0 Å². The summed E-state index contributed by atoms with van der Waals surface area (Å²) in [5, 5.41) is 2.89. The minimum absolute atomic E-state index is 0.680. The Labute approximate surface area is 44.4 Å². The van der Waals surface area contributed by atoms with E-state index in [-0.39, 0.29) is 0 Å². The Bertz CT molecular complexity index is 59.1. The molecule has 0 saturated heterocycles. The fourth-order valence-corrected chi connectivity index (χ4v) is 0.299. The number of nitrogens with two attached hydrogens (primary N) is 1. The minimum Gasteiger partial charge on any atom is -0.392 e. The van der Waals surface area contributed by atoms with Gasteiger partial charge in [0.2, 0.25) is 0 Å². The summed E-state index contributed by atoms with van der Waals surface area (Å²) in [6, 6.07) is 0. The molecule has 0 fully saturated rings. The molecule has 3 N–H and O–H groups in total. The topological polar surface area (TPSA) is 38.0 Å². The summed E-state index contributed by atoms with van der Waals surface area (Å²) in [7, 11) is 1.85. The van der Waals surface area contributed by atoms with Gasteiger partial charge in [0.05, 0.1) is 0 Å². The quantitative estimate of drug-likeness (QED) is 0.526. The van der Waals surface area contributed by atoms with Crippen LogP contribution in [0.1, 0.15) is 6.42 Å². The van der Waals surface area contributed by atoms with E-state index < -0.39 is 0 Å². The third kappa shape index (κ3) is 3.33. The molecular weight excluding hydrogens is 88.1 g/mol. The van der Waals surface area contributed by atoms with Crippen LogP contribution in [0.4, 0.5) is 0 Å². The summed E-state index contributed by atoms with van der Waals surface area (Å²) in [6.45, 7) is 4.35. The molecule has 0 aromatic rings. The lowest BCUT2D eigenvalue weighted by Gasteiger charge is -1.98. The van der Waals surface area contributed by atoms with Crippen molar-refractivity contribution in [3.63, 3.8) is 0 Å². The maximum atomic E-state index is 5.20. The van der Waals surface area contributed by atoms with Crippen LogP contribution in [-0.4, -0.2) is 13.6 Å². The Morgan fingerprint density at radius 1 is 1.86 bits per heavy atom. The predicted octanol–water partition coefficient (Wildman–Crippen LogP) is 0.0683. The van der Waals surface area contributed by atoms with E-state index in [9.17, 15) is 0 Å². The minimum atomic E-state index is 0.680. The van der Waals surface area contributed by atoms with Gasteiger partial charge in [-0.2, -0.15) is 0 Å². The first-order valence-corrected chi connectivity index (χ1v) is 2.37. The van der Waals surface area contributed by atoms with Crippen LogP contribution in [0.25, 0.3) is 0 Å². The molecule has 0 spiro atoms. The molecule has 2 heteroatoms. The van der Waals surface area contributed by atoms with Gasteiger partial charge in [-0.25, -0.2) is 0 Å². The highest BCUT2D eigenvalue weighted by Crippen LogP contribution is 1.84. The third-order valence-electron chi connectivity index (χ3n) is 0.800. The molecule has 0 aromatic heterocycles. The van der Waals surface area contributed by atoms with E-state index >= 15 is 0 Å². The van der Waals surface area contributed by atoms with Crippen LogP contribution in [0.2, 0.25) is 0 Å². The largest absolute Gasteiger partial charge is 0.392 e. The Hall–Kier alpha value is -0.500. The van der Waals surface area contributed by atoms with Gasteiger partial charge in [-0.05, 0) is 13.0 Å². The summed E-state index contributed by atoms with van der Waals surface area (Å²) in [6.07, 6.45) is 0.872. The van der Waals surface area contributed by atoms with Crippen molar-refractivity contribution >= 4 is 0 Å². The summed E-state index contributed by atoms with van der Waals surface area (Å²) < 4.78 is 0. The van der Waals surface area contributed by atoms with Crippen LogP contribution in [0.5, 0.6) is 0 Å². The molecule has 0 heterocycles. The van der Waals surface area contributed by atoms with Crippen molar-refractivity contribution in [2.75, 3.05) is 13.6 Å². The summed E-state index contributed by atoms with van der Waals surface area (Å²) >= 11 is 0. The van der Waals surface area contributed by atoms with Gasteiger partial charge < -0.3 is 11.1 Å². The lowest BCUT2D eigenvalue weighted by Crippen LogP contribution is -2.09. The Kier molecular flexibility index (Phi) is 3.42. The molecule has 0 aliphatic heterocycles. The lowest BCUT2D eigenvalue weighted by molar-refractivity contribution is 0.850. The SMILES string of the molecule is C=C(CCN)NC. The van der Waals surface area contributed by atoms with E-state index in [4.69, 9.17) is 5.73 Å². The van der Waals surface area contributed by atoms with E-state index in [1.165, 1.54) is 0 Å². The zero-order valence-corrected chi connectivity index (χ0v) is 4.70. The maximum Gasteiger partial charge on any atom is 0.00437 e. The monoisotopic (exact) mass is 100 g/mol. The molecule has 0 aliphatic rings. The zero-order valence-electron chi connectivity index (χ0n) is 4.70. The second-order valence-corrected chi connectivity index (χ2v) is 1.39. The predicted molar refractivity (Wildman–Crippen MR) is 31.9 cm³/mol. The molecule has 0 bridgehead atoms. The van der Waals surface area contributed by atoms with Crippen molar-refractivity contribution in [1.29, 1.82) is 0 Å². The fourth-order valence-electron chi connectivity index (χ4n) is 0.299. The van der Waals surface area contributed by atoms with Crippen LogP contribution in [0.15, 0.2) is 12.3 Å². The van der Waals surface area contributed by atoms with Crippen molar-refractivity contribution in [3.8, 4) is 0 Å². The number of rotatable bonds is 3. The maximum absolute atomic E-state index is 5.20. The van der Waals surface area contributed by atoms with E-state index in [0.717, 1.165) is 12.1 Å². The van der Waals surface area contributed by atoms with Crippen LogP contribution < -0.4 is 11.1 Å². The summed E-state index contributed by atoms with van der Waals surface area (Å²) in [5.41, 5.74) is 6.21. The standard InChI is InChI=1S/C5H12N2/c1-5(7-2)3-4-6/h7H,1,3-4,6H2,2H3. The molecule has 0 amide bonds. The average molecular weight is 100 g/mol. The first kappa shape index (κ1) is 6.50. The Morgan fingerprint density at radius 3 is 2.57 bits per heavy atom. The first-order chi connectivity index (χ1) is 3.31. The molecule has 2 nitrogen and oxygen atoms in total. The molecule has 0 saturated carbocycles. The highest BCUT2D eigenvalue weighted by Gasteiger charge is 1.81. The highest BCUT2D eigenvalue weighted by molar-refractivity contribution is 4.88. The normalized spacial score (nSPS) is 8.29. The Morgan fingerprint density at radius 2 is 2.43 bits per heavy atom. The molecule has 0 aromatic carbocycles.